The molecule has 0 saturated heterocycles. The van der Waals surface area contributed by atoms with Crippen molar-refractivity contribution < 1.29 is 50.7 Å². The van der Waals surface area contributed by atoms with Gasteiger partial charge < -0.3 is 11.0 Å². The molecule has 0 bridgehead atoms. The van der Waals surface area contributed by atoms with E-state index in [1.54, 1.807) is 0 Å². The standard InChI is InChI=1S/O8P2.2H2O.H2/c1-5-7-10(4)8-9(3)6-2;;;/h;2*1H2;1H/p+2. The maximum absolute atomic E-state index is 10.1. The molecule has 0 aromatic carbocycles. The predicted molar refractivity (Wildman–Crippen MR) is 34.2 cm³/mol. The monoisotopic (exact) mass is 230 g/mol. The van der Waals surface area contributed by atoms with Crippen molar-refractivity contribution in [2.24, 2.45) is 0 Å². The lowest BCUT2D eigenvalue weighted by Gasteiger charge is -1.70. The summed E-state index contributed by atoms with van der Waals surface area (Å²) in [6.45, 7) is 0. The smallest absolute Gasteiger partial charge is 0.412 e. The molecule has 0 saturated carbocycles. The van der Waals surface area contributed by atoms with Gasteiger partial charge >= 0.3 is 16.5 Å². The van der Waals surface area contributed by atoms with Gasteiger partial charge in [-0.25, -0.2) is 10.5 Å². The molecule has 0 aliphatic heterocycles. The van der Waals surface area contributed by atoms with Crippen molar-refractivity contribution in [3.8, 4) is 0 Å². The number of rotatable bonds is 5. The minimum atomic E-state index is -2.92. The van der Waals surface area contributed by atoms with Gasteiger partial charge in [0.1, 0.15) is 0 Å². The Balaban J connectivity index is -0.000000135. The normalized spacial score (nSPS) is 10.8. The molecule has 0 spiro atoms. The van der Waals surface area contributed by atoms with Gasteiger partial charge in [0.15, 0.2) is 4.31 Å². The van der Waals surface area contributed by atoms with Crippen LogP contribution in [0, 0.1) is 0 Å². The van der Waals surface area contributed by atoms with Crippen LogP contribution in [0.4, 0.5) is 0 Å². The molecule has 0 aliphatic rings. The van der Waals surface area contributed by atoms with Crippen LogP contribution in [0.25, 0.3) is 0 Å². The molecular formula is H8O10P2+2. The summed E-state index contributed by atoms with van der Waals surface area (Å²) >= 11 is 0. The first-order chi connectivity index (χ1) is 4.70. The second-order valence-corrected chi connectivity index (χ2v) is 2.62. The highest BCUT2D eigenvalue weighted by Gasteiger charge is 2.42. The number of hydrogen-bond acceptors (Lipinski definition) is 8. The van der Waals surface area contributed by atoms with E-state index in [0.717, 1.165) is 0 Å². The molecule has 12 heavy (non-hydrogen) atoms. The van der Waals surface area contributed by atoms with Crippen LogP contribution in [-0.2, 0) is 27.8 Å². The zero-order chi connectivity index (χ0) is 7.98. The van der Waals surface area contributed by atoms with E-state index in [1.165, 1.54) is 0 Å². The van der Waals surface area contributed by atoms with E-state index in [4.69, 9.17) is 10.5 Å². The summed E-state index contributed by atoms with van der Waals surface area (Å²) in [5.74, 6) is 0. The fraction of sp³-hybridized carbons (Fsp3) is 0. The van der Waals surface area contributed by atoms with Crippen molar-refractivity contribution >= 4 is 16.5 Å². The third-order valence-corrected chi connectivity index (χ3v) is 1.68. The SMILES string of the molecule is O.O.O=[P+](OO)O[P+](=O)OOO.[HH]. The summed E-state index contributed by atoms with van der Waals surface area (Å²) in [6, 6.07) is 0. The van der Waals surface area contributed by atoms with Gasteiger partial charge in [0.05, 0.1) is 9.35 Å². The third kappa shape index (κ3) is 9.88. The maximum atomic E-state index is 10.1. The number of hydrogen-bond donors (Lipinski definition) is 2. The molecule has 0 fully saturated rings. The molecule has 12 heteroatoms. The lowest BCUT2D eigenvalue weighted by molar-refractivity contribution is -0.439. The lowest BCUT2D eigenvalue weighted by atomic mass is 14.6. The van der Waals surface area contributed by atoms with Crippen LogP contribution in [-0.4, -0.2) is 21.5 Å². The van der Waals surface area contributed by atoms with E-state index >= 15 is 0 Å². The van der Waals surface area contributed by atoms with Crippen molar-refractivity contribution in [3.63, 3.8) is 0 Å². The van der Waals surface area contributed by atoms with Gasteiger partial charge in [-0.15, -0.1) is 0 Å². The zero-order valence-electron chi connectivity index (χ0n) is 5.24. The quantitative estimate of drug-likeness (QED) is 0.371. The second-order valence-electron chi connectivity index (χ2n) is 0.760. The highest BCUT2D eigenvalue weighted by Crippen LogP contribution is 2.38. The maximum Gasteiger partial charge on any atom is 0.781 e. The van der Waals surface area contributed by atoms with Crippen LogP contribution < -0.4 is 0 Å². The Morgan fingerprint density at radius 2 is 1.58 bits per heavy atom. The van der Waals surface area contributed by atoms with Gasteiger partial charge in [-0.1, -0.05) is 0 Å². The third-order valence-electron chi connectivity index (χ3n) is 0.294. The van der Waals surface area contributed by atoms with E-state index in [9.17, 15) is 9.13 Å². The highest BCUT2D eigenvalue weighted by atomic mass is 31.2. The van der Waals surface area contributed by atoms with E-state index < -0.39 is 16.5 Å². The topological polar surface area (TPSA) is 175 Å². The van der Waals surface area contributed by atoms with E-state index in [0.29, 0.717) is 0 Å². The van der Waals surface area contributed by atoms with Crippen LogP contribution >= 0.6 is 16.5 Å². The van der Waals surface area contributed by atoms with Gasteiger partial charge in [0.2, 0.25) is 0 Å². The Morgan fingerprint density at radius 1 is 1.08 bits per heavy atom. The summed E-state index contributed by atoms with van der Waals surface area (Å²) in [6.07, 6.45) is 0. The first-order valence-electron chi connectivity index (χ1n) is 1.63. The summed E-state index contributed by atoms with van der Waals surface area (Å²) in [7, 11) is -5.84. The van der Waals surface area contributed by atoms with Crippen molar-refractivity contribution in [1.82, 2.24) is 0 Å². The molecular weight excluding hydrogens is 222 g/mol. The first kappa shape index (κ1) is 17.8. The van der Waals surface area contributed by atoms with Crippen LogP contribution in [0.5, 0.6) is 0 Å². The minimum Gasteiger partial charge on any atom is -0.412 e. The Labute approximate surface area is 68.4 Å². The van der Waals surface area contributed by atoms with E-state index in [1.807, 2.05) is 0 Å². The summed E-state index contributed by atoms with van der Waals surface area (Å²) < 4.78 is 30.1. The van der Waals surface area contributed by atoms with Crippen LogP contribution in [0.1, 0.15) is 1.43 Å². The summed E-state index contributed by atoms with van der Waals surface area (Å²) in [5.41, 5.74) is 0. The van der Waals surface area contributed by atoms with Gasteiger partial charge in [-0.3, -0.25) is 0 Å². The molecule has 2 unspecified atom stereocenters. The molecule has 0 rings (SSSR count). The molecule has 76 valence electrons. The van der Waals surface area contributed by atoms with Crippen molar-refractivity contribution in [3.05, 3.63) is 0 Å². The fourth-order valence-electron chi connectivity index (χ4n) is 0.110. The van der Waals surface area contributed by atoms with Gasteiger partial charge in [-0.2, -0.15) is 0 Å². The van der Waals surface area contributed by atoms with Crippen molar-refractivity contribution in [1.29, 1.82) is 0 Å². The first-order valence-corrected chi connectivity index (χ1v) is 3.82. The van der Waals surface area contributed by atoms with Gasteiger partial charge in [0, 0.05) is 10.6 Å². The van der Waals surface area contributed by atoms with Crippen molar-refractivity contribution in [2.45, 2.75) is 0 Å². The molecule has 2 atom stereocenters. The predicted octanol–water partition coefficient (Wildman–Crippen LogP) is -0.175. The highest BCUT2D eigenvalue weighted by molar-refractivity contribution is 7.47. The minimum absolute atomic E-state index is 0. The van der Waals surface area contributed by atoms with Crippen LogP contribution in [0.3, 0.4) is 0 Å². The molecule has 0 aromatic heterocycles. The van der Waals surface area contributed by atoms with Crippen LogP contribution in [0.2, 0.25) is 0 Å². The van der Waals surface area contributed by atoms with Crippen LogP contribution in [0.15, 0.2) is 0 Å². The molecule has 6 N–H and O–H groups in total. The average Bonchev–Trinajstić information content (AvgIpc) is 1.88. The Kier molecular flexibility index (Phi) is 16.2. The largest absolute Gasteiger partial charge is 0.781 e. The van der Waals surface area contributed by atoms with E-state index in [-0.39, 0.29) is 12.4 Å². The van der Waals surface area contributed by atoms with E-state index in [2.05, 4.69) is 18.7 Å². The lowest BCUT2D eigenvalue weighted by Crippen LogP contribution is -1.78. The Bertz CT molecular complexity index is 133. The zero-order valence-corrected chi connectivity index (χ0v) is 7.03. The summed E-state index contributed by atoms with van der Waals surface area (Å²) in [5, 5.41) is 17.9. The Morgan fingerprint density at radius 3 is 1.92 bits per heavy atom. The molecule has 0 amide bonds. The molecule has 0 aliphatic carbocycles. The molecule has 10 nitrogen and oxygen atoms in total. The van der Waals surface area contributed by atoms with Gasteiger partial charge in [-0.05, 0) is 5.04 Å². The van der Waals surface area contributed by atoms with Gasteiger partial charge in [0.25, 0.3) is 0 Å². The fourth-order valence-corrected chi connectivity index (χ4v) is 0.828. The molecule has 0 heterocycles. The summed E-state index contributed by atoms with van der Waals surface area (Å²) in [4.78, 5) is 0. The molecule has 0 aromatic rings. The average molecular weight is 230 g/mol. The molecule has 0 radical (unpaired) electrons. The Hall–Kier alpha value is -0.120. The second kappa shape index (κ2) is 10.9. The van der Waals surface area contributed by atoms with Crippen molar-refractivity contribution in [2.75, 3.05) is 0 Å².